The first-order valence-corrected chi connectivity index (χ1v) is 5.06. The molecular formula is C12H10F3N3. The van der Waals surface area contributed by atoms with E-state index in [1.807, 2.05) is 6.07 Å². The van der Waals surface area contributed by atoms with E-state index < -0.39 is 18.6 Å². The van der Waals surface area contributed by atoms with Gasteiger partial charge in [0.05, 0.1) is 17.7 Å². The second kappa shape index (κ2) is 5.42. The molecule has 0 heterocycles. The van der Waals surface area contributed by atoms with Gasteiger partial charge in [0, 0.05) is 19.3 Å². The molecule has 1 aromatic carbocycles. The first-order valence-electron chi connectivity index (χ1n) is 5.06. The Morgan fingerprint density at radius 3 is 2.17 bits per heavy atom. The lowest BCUT2D eigenvalue weighted by Crippen LogP contribution is -2.33. The fraction of sp³-hybridized carbons (Fsp3) is 0.333. The van der Waals surface area contributed by atoms with Gasteiger partial charge in [0.1, 0.15) is 0 Å². The average molecular weight is 253 g/mol. The van der Waals surface area contributed by atoms with E-state index >= 15 is 0 Å². The van der Waals surface area contributed by atoms with Crippen LogP contribution in [0, 0.1) is 28.6 Å². The second-order valence-corrected chi connectivity index (χ2v) is 3.76. The maximum Gasteiger partial charge on any atom is 0.406 e. The van der Waals surface area contributed by atoms with Crippen molar-refractivity contribution in [3.63, 3.8) is 0 Å². The zero-order valence-corrected chi connectivity index (χ0v) is 9.57. The van der Waals surface area contributed by atoms with Crippen LogP contribution in [0.4, 0.5) is 18.9 Å². The highest BCUT2D eigenvalue weighted by Crippen LogP contribution is 2.27. The third-order valence-corrected chi connectivity index (χ3v) is 2.44. The summed E-state index contributed by atoms with van der Waals surface area (Å²) in [6.07, 6.45) is -4.53. The highest BCUT2D eigenvalue weighted by molar-refractivity contribution is 5.49. The molecule has 94 valence electrons. The quantitative estimate of drug-likeness (QED) is 0.832. The number of rotatable bonds is 3. The number of hydrogen-bond donors (Lipinski definition) is 0. The topological polar surface area (TPSA) is 50.8 Å². The van der Waals surface area contributed by atoms with Gasteiger partial charge in [-0.15, -0.1) is 0 Å². The lowest BCUT2D eigenvalue weighted by atomic mass is 10.1. The number of nitriles is 2. The van der Waals surface area contributed by atoms with Crippen LogP contribution in [0.15, 0.2) is 24.3 Å². The predicted molar refractivity (Wildman–Crippen MR) is 59.6 cm³/mol. The van der Waals surface area contributed by atoms with Crippen molar-refractivity contribution >= 4 is 5.69 Å². The normalized spacial score (nSPS) is 12.3. The van der Waals surface area contributed by atoms with E-state index in [0.717, 1.165) is 0 Å². The van der Waals surface area contributed by atoms with Gasteiger partial charge in [0.15, 0.2) is 5.92 Å². The fourth-order valence-corrected chi connectivity index (χ4v) is 1.39. The van der Waals surface area contributed by atoms with Crippen LogP contribution < -0.4 is 4.90 Å². The molecule has 1 unspecified atom stereocenters. The van der Waals surface area contributed by atoms with Gasteiger partial charge in [-0.2, -0.15) is 23.7 Å². The lowest BCUT2D eigenvalue weighted by molar-refractivity contribution is -0.156. The zero-order chi connectivity index (χ0) is 13.8. The molecule has 0 N–H and O–H groups in total. The van der Waals surface area contributed by atoms with Crippen molar-refractivity contribution < 1.29 is 13.2 Å². The van der Waals surface area contributed by atoms with E-state index in [9.17, 15) is 13.2 Å². The molecular weight excluding hydrogens is 243 g/mol. The molecule has 0 aliphatic carbocycles. The molecule has 18 heavy (non-hydrogen) atoms. The van der Waals surface area contributed by atoms with Gasteiger partial charge in [-0.25, -0.2) is 0 Å². The molecule has 0 aromatic heterocycles. The summed E-state index contributed by atoms with van der Waals surface area (Å²) in [5, 5.41) is 17.1. The summed E-state index contributed by atoms with van der Waals surface area (Å²) in [5.74, 6) is -2.03. The standard InChI is InChI=1S/C12H10F3N3/c1-18(8-10(7-17)12(13,14)15)11-4-2-9(6-16)3-5-11/h2-5,10H,8H2,1H3. The van der Waals surface area contributed by atoms with Crippen molar-refractivity contribution in [2.45, 2.75) is 6.18 Å². The molecule has 0 spiro atoms. The van der Waals surface area contributed by atoms with E-state index in [-0.39, 0.29) is 0 Å². The van der Waals surface area contributed by atoms with Crippen LogP contribution in [0.1, 0.15) is 5.56 Å². The van der Waals surface area contributed by atoms with Gasteiger partial charge in [0.2, 0.25) is 0 Å². The Bertz CT molecular complexity index is 479. The molecule has 0 radical (unpaired) electrons. The van der Waals surface area contributed by atoms with Gasteiger partial charge in [-0.1, -0.05) is 0 Å². The Morgan fingerprint density at radius 2 is 1.78 bits per heavy atom. The van der Waals surface area contributed by atoms with Gasteiger partial charge in [-0.05, 0) is 24.3 Å². The SMILES string of the molecule is CN(CC(C#N)C(F)(F)F)c1ccc(C#N)cc1. The first kappa shape index (κ1) is 13.9. The fourth-order valence-electron chi connectivity index (χ4n) is 1.39. The van der Waals surface area contributed by atoms with Crippen molar-refractivity contribution in [3.05, 3.63) is 29.8 Å². The number of anilines is 1. The summed E-state index contributed by atoms with van der Waals surface area (Å²) in [5.41, 5.74) is 0.957. The van der Waals surface area contributed by atoms with Crippen LogP contribution >= 0.6 is 0 Å². The van der Waals surface area contributed by atoms with Gasteiger partial charge < -0.3 is 4.90 Å². The highest BCUT2D eigenvalue weighted by Gasteiger charge is 2.40. The molecule has 0 saturated carbocycles. The smallest absolute Gasteiger partial charge is 0.373 e. The maximum absolute atomic E-state index is 12.4. The maximum atomic E-state index is 12.4. The van der Waals surface area contributed by atoms with Crippen LogP contribution in [-0.2, 0) is 0 Å². The molecule has 6 heteroatoms. The van der Waals surface area contributed by atoms with Crippen LogP contribution in [0.2, 0.25) is 0 Å². The Morgan fingerprint density at radius 1 is 1.22 bits per heavy atom. The summed E-state index contributed by atoms with van der Waals surface area (Å²) in [4.78, 5) is 1.34. The van der Waals surface area contributed by atoms with Crippen LogP contribution in [0.3, 0.4) is 0 Å². The van der Waals surface area contributed by atoms with E-state index in [4.69, 9.17) is 10.5 Å². The van der Waals surface area contributed by atoms with Crippen molar-refractivity contribution in [1.82, 2.24) is 0 Å². The molecule has 1 rings (SSSR count). The van der Waals surface area contributed by atoms with Crippen LogP contribution in [0.5, 0.6) is 0 Å². The molecule has 0 amide bonds. The third kappa shape index (κ3) is 3.39. The van der Waals surface area contributed by atoms with Gasteiger partial charge in [0.25, 0.3) is 0 Å². The summed E-state index contributed by atoms with van der Waals surface area (Å²) in [6, 6.07) is 9.28. The van der Waals surface area contributed by atoms with E-state index in [1.165, 1.54) is 30.1 Å². The Labute approximate surface area is 103 Å². The van der Waals surface area contributed by atoms with E-state index in [1.54, 1.807) is 12.1 Å². The van der Waals surface area contributed by atoms with Crippen molar-refractivity contribution in [1.29, 1.82) is 10.5 Å². The third-order valence-electron chi connectivity index (χ3n) is 2.44. The predicted octanol–water partition coefficient (Wildman–Crippen LogP) is 2.70. The van der Waals surface area contributed by atoms with Gasteiger partial charge >= 0.3 is 6.18 Å². The molecule has 0 saturated heterocycles. The highest BCUT2D eigenvalue weighted by atomic mass is 19.4. The van der Waals surface area contributed by atoms with Crippen molar-refractivity contribution in [3.8, 4) is 12.1 Å². The van der Waals surface area contributed by atoms with Crippen molar-refractivity contribution in [2.24, 2.45) is 5.92 Å². The molecule has 0 bridgehead atoms. The molecule has 1 atom stereocenters. The minimum Gasteiger partial charge on any atom is -0.373 e. The molecule has 0 aliphatic rings. The summed E-state index contributed by atoms with van der Waals surface area (Å²) in [6.45, 7) is -0.439. The minimum atomic E-state index is -4.53. The first-order chi connectivity index (χ1) is 8.38. The lowest BCUT2D eigenvalue weighted by Gasteiger charge is -2.23. The minimum absolute atomic E-state index is 0.430. The number of alkyl halides is 3. The van der Waals surface area contributed by atoms with Gasteiger partial charge in [-0.3, -0.25) is 0 Å². The Balaban J connectivity index is 2.79. The average Bonchev–Trinajstić information content (AvgIpc) is 2.34. The number of benzene rings is 1. The van der Waals surface area contributed by atoms with E-state index in [0.29, 0.717) is 11.3 Å². The molecule has 0 fully saturated rings. The Kier molecular flexibility index (Phi) is 4.17. The largest absolute Gasteiger partial charge is 0.406 e. The van der Waals surface area contributed by atoms with Crippen LogP contribution in [0.25, 0.3) is 0 Å². The Hall–Kier alpha value is -2.21. The second-order valence-electron chi connectivity index (χ2n) is 3.76. The van der Waals surface area contributed by atoms with Crippen molar-refractivity contribution in [2.75, 3.05) is 18.5 Å². The summed E-state index contributed by atoms with van der Waals surface area (Å²) in [7, 11) is 1.47. The zero-order valence-electron chi connectivity index (χ0n) is 9.57. The number of halogens is 3. The summed E-state index contributed by atoms with van der Waals surface area (Å²) >= 11 is 0. The van der Waals surface area contributed by atoms with Crippen LogP contribution in [-0.4, -0.2) is 19.8 Å². The number of nitrogens with zero attached hydrogens (tertiary/aromatic N) is 3. The van der Waals surface area contributed by atoms with E-state index in [2.05, 4.69) is 0 Å². The molecule has 1 aromatic rings. The number of hydrogen-bond acceptors (Lipinski definition) is 3. The summed E-state index contributed by atoms with van der Waals surface area (Å²) < 4.78 is 37.3. The monoisotopic (exact) mass is 253 g/mol. The molecule has 0 aliphatic heterocycles. The molecule has 3 nitrogen and oxygen atoms in total.